The van der Waals surface area contributed by atoms with E-state index in [1.165, 1.54) is 12.8 Å². The number of hydrogen-bond acceptors (Lipinski definition) is 3. The highest BCUT2D eigenvalue weighted by Crippen LogP contribution is 2.44. The first kappa shape index (κ1) is 14.4. The van der Waals surface area contributed by atoms with Crippen LogP contribution in [0.15, 0.2) is 24.3 Å². The quantitative estimate of drug-likeness (QED) is 0.846. The van der Waals surface area contributed by atoms with Gasteiger partial charge >= 0.3 is 0 Å². The van der Waals surface area contributed by atoms with E-state index in [4.69, 9.17) is 4.74 Å². The molecule has 1 aromatic rings. The fourth-order valence-corrected chi connectivity index (χ4v) is 2.85. The zero-order valence-corrected chi connectivity index (χ0v) is 12.3. The Kier molecular flexibility index (Phi) is 4.15. The minimum atomic E-state index is -0.0911. The highest BCUT2D eigenvalue weighted by molar-refractivity contribution is 5.94. The third-order valence-electron chi connectivity index (χ3n) is 4.62. The number of benzene rings is 1. The molecule has 0 aliphatic heterocycles. The van der Waals surface area contributed by atoms with Crippen LogP contribution in [0.25, 0.3) is 0 Å². The second kappa shape index (κ2) is 6.06. The third kappa shape index (κ3) is 3.56. The van der Waals surface area contributed by atoms with Gasteiger partial charge in [0.05, 0.1) is 12.7 Å². The topological polar surface area (TPSA) is 58.6 Å². The Morgan fingerprint density at radius 1 is 1.33 bits per heavy atom. The van der Waals surface area contributed by atoms with Crippen molar-refractivity contribution < 1.29 is 14.6 Å². The summed E-state index contributed by atoms with van der Waals surface area (Å²) in [4.78, 5) is 12.2. The molecule has 21 heavy (non-hydrogen) atoms. The van der Waals surface area contributed by atoms with Crippen LogP contribution in [-0.2, 0) is 0 Å². The number of carbonyl (C=O) groups is 1. The van der Waals surface area contributed by atoms with Crippen LogP contribution in [-0.4, -0.2) is 30.3 Å². The van der Waals surface area contributed by atoms with E-state index in [-0.39, 0.29) is 17.9 Å². The van der Waals surface area contributed by atoms with Gasteiger partial charge in [0.25, 0.3) is 5.91 Å². The summed E-state index contributed by atoms with van der Waals surface area (Å²) in [6, 6.07) is 7.38. The second-order valence-electron chi connectivity index (χ2n) is 6.39. The van der Waals surface area contributed by atoms with E-state index in [1.54, 1.807) is 6.07 Å². The molecule has 114 valence electrons. The van der Waals surface area contributed by atoms with Gasteiger partial charge in [0.15, 0.2) is 0 Å². The van der Waals surface area contributed by atoms with Crippen LogP contribution in [0, 0.1) is 5.41 Å². The van der Waals surface area contributed by atoms with Crippen molar-refractivity contribution >= 4 is 5.91 Å². The van der Waals surface area contributed by atoms with Gasteiger partial charge in [0.2, 0.25) is 0 Å². The lowest BCUT2D eigenvalue weighted by molar-refractivity contribution is 0.0934. The minimum absolute atomic E-state index is 0.0619. The molecular weight excluding hydrogens is 266 g/mol. The Morgan fingerprint density at radius 2 is 2.10 bits per heavy atom. The second-order valence-corrected chi connectivity index (χ2v) is 6.39. The molecule has 0 bridgehead atoms. The molecule has 0 atom stereocenters. The number of carbonyl (C=O) groups excluding carboxylic acids is 1. The van der Waals surface area contributed by atoms with Crippen LogP contribution in [0.5, 0.6) is 5.75 Å². The zero-order valence-electron chi connectivity index (χ0n) is 12.3. The van der Waals surface area contributed by atoms with E-state index >= 15 is 0 Å². The molecule has 0 saturated heterocycles. The number of rotatable bonds is 6. The van der Waals surface area contributed by atoms with Gasteiger partial charge < -0.3 is 15.2 Å². The average Bonchev–Trinajstić information content (AvgIpc) is 3.13. The lowest BCUT2D eigenvalue weighted by Gasteiger charge is -2.15. The van der Waals surface area contributed by atoms with E-state index < -0.39 is 0 Å². The molecular formula is C17H23NO3. The zero-order chi connectivity index (χ0) is 14.7. The van der Waals surface area contributed by atoms with E-state index in [1.807, 2.05) is 18.2 Å². The van der Waals surface area contributed by atoms with Crippen LogP contribution in [0.2, 0.25) is 0 Å². The fourth-order valence-electron chi connectivity index (χ4n) is 2.85. The summed E-state index contributed by atoms with van der Waals surface area (Å²) in [5.74, 6) is 0.685. The van der Waals surface area contributed by atoms with Crippen molar-refractivity contribution in [1.29, 1.82) is 0 Å². The number of hydrogen-bond donors (Lipinski definition) is 2. The Labute approximate surface area is 125 Å². The Bertz CT molecular complexity index is 505. The van der Waals surface area contributed by atoms with Crippen molar-refractivity contribution in [1.82, 2.24) is 5.32 Å². The third-order valence-corrected chi connectivity index (χ3v) is 4.62. The van der Waals surface area contributed by atoms with Gasteiger partial charge in [0, 0.05) is 17.5 Å². The van der Waals surface area contributed by atoms with Crippen LogP contribution in [0.3, 0.4) is 0 Å². The van der Waals surface area contributed by atoms with Gasteiger partial charge in [0.1, 0.15) is 5.75 Å². The van der Waals surface area contributed by atoms with Gasteiger partial charge in [-0.1, -0.05) is 6.07 Å². The van der Waals surface area contributed by atoms with Crippen molar-refractivity contribution in [3.05, 3.63) is 29.8 Å². The van der Waals surface area contributed by atoms with E-state index in [0.29, 0.717) is 18.2 Å². The summed E-state index contributed by atoms with van der Waals surface area (Å²) in [6.07, 6.45) is 6.96. The van der Waals surface area contributed by atoms with E-state index in [2.05, 4.69) is 5.32 Å². The first-order chi connectivity index (χ1) is 10.2. The smallest absolute Gasteiger partial charge is 0.251 e. The molecule has 4 heteroatoms. The highest BCUT2D eigenvalue weighted by atomic mass is 16.5. The number of aliphatic hydroxyl groups excluding tert-OH is 1. The SMILES string of the molecule is O=C(NCC1(CO)CC1)c1cccc(OC2CCCC2)c1. The maximum absolute atomic E-state index is 12.2. The summed E-state index contributed by atoms with van der Waals surface area (Å²) in [5, 5.41) is 12.2. The van der Waals surface area contributed by atoms with Crippen molar-refractivity contribution in [2.75, 3.05) is 13.2 Å². The van der Waals surface area contributed by atoms with Crippen molar-refractivity contribution in [3.63, 3.8) is 0 Å². The maximum atomic E-state index is 12.2. The summed E-state index contributed by atoms with van der Waals surface area (Å²) < 4.78 is 5.93. The molecule has 4 nitrogen and oxygen atoms in total. The monoisotopic (exact) mass is 289 g/mol. The molecule has 2 fully saturated rings. The summed E-state index contributed by atoms with van der Waals surface area (Å²) >= 11 is 0. The number of ether oxygens (including phenoxy) is 1. The molecule has 1 aromatic carbocycles. The Balaban J connectivity index is 1.57. The van der Waals surface area contributed by atoms with Crippen molar-refractivity contribution in [3.8, 4) is 5.75 Å². The van der Waals surface area contributed by atoms with Gasteiger partial charge in [-0.05, 0) is 56.7 Å². The molecule has 0 radical (unpaired) electrons. The highest BCUT2D eigenvalue weighted by Gasteiger charge is 2.42. The van der Waals surface area contributed by atoms with Crippen LogP contribution in [0.4, 0.5) is 0 Å². The molecule has 0 aromatic heterocycles. The molecule has 2 saturated carbocycles. The summed E-state index contributed by atoms with van der Waals surface area (Å²) in [6.45, 7) is 0.703. The Morgan fingerprint density at radius 3 is 2.76 bits per heavy atom. The molecule has 3 rings (SSSR count). The number of amides is 1. The van der Waals surface area contributed by atoms with Crippen LogP contribution < -0.4 is 10.1 Å². The summed E-state index contributed by atoms with van der Waals surface area (Å²) in [7, 11) is 0. The molecule has 0 heterocycles. The van der Waals surface area contributed by atoms with Crippen LogP contribution in [0.1, 0.15) is 48.9 Å². The number of nitrogens with one attached hydrogen (secondary N) is 1. The molecule has 0 unspecified atom stereocenters. The Hall–Kier alpha value is -1.55. The molecule has 2 N–H and O–H groups in total. The fraction of sp³-hybridized carbons (Fsp3) is 0.588. The minimum Gasteiger partial charge on any atom is -0.490 e. The predicted molar refractivity (Wildman–Crippen MR) is 80.4 cm³/mol. The predicted octanol–water partition coefficient (Wildman–Crippen LogP) is 2.51. The van der Waals surface area contributed by atoms with E-state index in [9.17, 15) is 9.90 Å². The van der Waals surface area contributed by atoms with Gasteiger partial charge in [-0.15, -0.1) is 0 Å². The lowest BCUT2D eigenvalue weighted by Crippen LogP contribution is -2.31. The van der Waals surface area contributed by atoms with Gasteiger partial charge in [-0.2, -0.15) is 0 Å². The molecule has 2 aliphatic carbocycles. The standard InChI is InChI=1S/C17H23NO3/c19-12-17(8-9-17)11-18-16(20)13-4-3-7-15(10-13)21-14-5-1-2-6-14/h3-4,7,10,14,19H,1-2,5-6,8-9,11-12H2,(H,18,20). The average molecular weight is 289 g/mol. The molecule has 1 amide bonds. The number of aliphatic hydroxyl groups is 1. The summed E-state index contributed by atoms with van der Waals surface area (Å²) in [5.41, 5.74) is 0.562. The van der Waals surface area contributed by atoms with Gasteiger partial charge in [-0.3, -0.25) is 4.79 Å². The van der Waals surface area contributed by atoms with Crippen LogP contribution >= 0.6 is 0 Å². The molecule has 2 aliphatic rings. The maximum Gasteiger partial charge on any atom is 0.251 e. The van der Waals surface area contributed by atoms with Crippen molar-refractivity contribution in [2.45, 2.75) is 44.6 Å². The van der Waals surface area contributed by atoms with Gasteiger partial charge in [-0.25, -0.2) is 0 Å². The first-order valence-electron chi connectivity index (χ1n) is 7.87. The largest absolute Gasteiger partial charge is 0.490 e. The van der Waals surface area contributed by atoms with E-state index in [0.717, 1.165) is 31.4 Å². The normalized spacial score (nSPS) is 20.2. The molecule has 0 spiro atoms. The first-order valence-corrected chi connectivity index (χ1v) is 7.87. The van der Waals surface area contributed by atoms with Crippen molar-refractivity contribution in [2.24, 2.45) is 5.41 Å². The lowest BCUT2D eigenvalue weighted by atomic mass is 10.1.